The van der Waals surface area contributed by atoms with Crippen LogP contribution in [0.25, 0.3) is 0 Å². The summed E-state index contributed by atoms with van der Waals surface area (Å²) in [7, 11) is 0. The number of carboxylic acid groups (broad SMARTS) is 1. The molecular formula is C9H10O4. The van der Waals surface area contributed by atoms with E-state index in [1.54, 1.807) is 12.1 Å². The Morgan fingerprint density at radius 3 is 2.92 bits per heavy atom. The molecule has 0 radical (unpaired) electrons. The zero-order chi connectivity index (χ0) is 9.47. The van der Waals surface area contributed by atoms with E-state index in [2.05, 4.69) is 0 Å². The van der Waals surface area contributed by atoms with Crippen LogP contribution in [0.1, 0.15) is 19.1 Å². The van der Waals surface area contributed by atoms with Crippen LogP contribution < -0.4 is 0 Å². The molecule has 1 aromatic heterocycles. The lowest BCUT2D eigenvalue weighted by atomic mass is 9.99. The molecule has 0 saturated carbocycles. The summed E-state index contributed by atoms with van der Waals surface area (Å²) in [5, 5.41) is 8.75. The molecule has 13 heavy (non-hydrogen) atoms. The van der Waals surface area contributed by atoms with Gasteiger partial charge >= 0.3 is 5.97 Å². The first-order valence-electron chi connectivity index (χ1n) is 4.15. The Bertz CT molecular complexity index is 316. The summed E-state index contributed by atoms with van der Waals surface area (Å²) in [5.41, 5.74) is -0.713. The van der Waals surface area contributed by atoms with Gasteiger partial charge in [-0.2, -0.15) is 0 Å². The average molecular weight is 182 g/mol. The number of aliphatic carboxylic acids is 1. The molecule has 1 aliphatic heterocycles. The number of hydrogen-bond acceptors (Lipinski definition) is 3. The van der Waals surface area contributed by atoms with Gasteiger partial charge in [0.05, 0.1) is 6.26 Å². The number of carbonyl (C=O) groups is 1. The molecule has 0 bridgehead atoms. The number of ether oxygens (including phenoxy) is 1. The Balaban J connectivity index is 2.26. The number of epoxide rings is 1. The first-order chi connectivity index (χ1) is 6.20. The second kappa shape index (κ2) is 2.60. The Labute approximate surface area is 75.1 Å². The Hall–Kier alpha value is -1.29. The minimum atomic E-state index is -0.932. The largest absolute Gasteiger partial charge is 0.479 e. The van der Waals surface area contributed by atoms with E-state index in [1.807, 2.05) is 6.92 Å². The van der Waals surface area contributed by atoms with Crippen LogP contribution in [0.3, 0.4) is 0 Å². The molecular weight excluding hydrogens is 172 g/mol. The van der Waals surface area contributed by atoms with Gasteiger partial charge in [-0.25, -0.2) is 4.79 Å². The lowest BCUT2D eigenvalue weighted by Gasteiger charge is -2.03. The molecule has 0 spiro atoms. The van der Waals surface area contributed by atoms with E-state index >= 15 is 0 Å². The van der Waals surface area contributed by atoms with Crippen LogP contribution >= 0.6 is 0 Å². The van der Waals surface area contributed by atoms with Crippen LogP contribution in [-0.2, 0) is 15.1 Å². The topological polar surface area (TPSA) is 63.0 Å². The van der Waals surface area contributed by atoms with Crippen molar-refractivity contribution in [1.29, 1.82) is 0 Å². The van der Waals surface area contributed by atoms with E-state index in [-0.39, 0.29) is 0 Å². The third kappa shape index (κ3) is 1.06. The highest BCUT2D eigenvalue weighted by molar-refractivity contribution is 5.77. The van der Waals surface area contributed by atoms with Crippen molar-refractivity contribution >= 4 is 5.97 Å². The van der Waals surface area contributed by atoms with E-state index in [4.69, 9.17) is 14.3 Å². The number of rotatable bonds is 3. The first kappa shape index (κ1) is 8.31. The van der Waals surface area contributed by atoms with Crippen LogP contribution in [0.2, 0.25) is 0 Å². The third-order valence-electron chi connectivity index (χ3n) is 2.38. The first-order valence-corrected chi connectivity index (χ1v) is 4.15. The highest BCUT2D eigenvalue weighted by atomic mass is 16.6. The second-order valence-corrected chi connectivity index (χ2v) is 3.06. The molecule has 2 heterocycles. The zero-order valence-corrected chi connectivity index (χ0v) is 7.19. The van der Waals surface area contributed by atoms with Gasteiger partial charge in [0.1, 0.15) is 5.76 Å². The quantitative estimate of drug-likeness (QED) is 0.717. The minimum Gasteiger partial charge on any atom is -0.479 e. The fraction of sp³-hybridized carbons (Fsp3) is 0.444. The highest BCUT2D eigenvalue weighted by Gasteiger charge is 2.63. The minimum absolute atomic E-state index is 0.599. The van der Waals surface area contributed by atoms with Crippen LogP contribution in [0.5, 0.6) is 0 Å². The van der Waals surface area contributed by atoms with Crippen molar-refractivity contribution in [1.82, 2.24) is 0 Å². The number of furan rings is 1. The summed E-state index contributed by atoms with van der Waals surface area (Å²) in [5.74, 6) is -0.333. The van der Waals surface area contributed by atoms with Crippen molar-refractivity contribution in [3.05, 3.63) is 24.2 Å². The molecule has 4 heteroatoms. The van der Waals surface area contributed by atoms with Gasteiger partial charge in [0.25, 0.3) is 0 Å². The molecule has 1 aromatic rings. The lowest BCUT2D eigenvalue weighted by Crippen LogP contribution is -2.17. The number of carboxylic acids is 1. The molecule has 2 unspecified atom stereocenters. The van der Waals surface area contributed by atoms with E-state index in [1.165, 1.54) is 6.26 Å². The smallest absolute Gasteiger partial charge is 0.336 e. The van der Waals surface area contributed by atoms with Gasteiger partial charge in [0.2, 0.25) is 0 Å². The third-order valence-corrected chi connectivity index (χ3v) is 2.38. The summed E-state index contributed by atoms with van der Waals surface area (Å²) in [6, 6.07) is 3.47. The predicted octanol–water partition coefficient (Wildman–Crippen LogP) is 1.37. The maximum absolute atomic E-state index is 10.7. The van der Waals surface area contributed by atoms with E-state index in [0.29, 0.717) is 12.2 Å². The van der Waals surface area contributed by atoms with Crippen LogP contribution in [0, 0.1) is 0 Å². The summed E-state index contributed by atoms with van der Waals surface area (Å²) in [6.07, 6.45) is 1.38. The van der Waals surface area contributed by atoms with E-state index < -0.39 is 17.7 Å². The Morgan fingerprint density at radius 1 is 1.77 bits per heavy atom. The standard InChI is InChI=1S/C9H10O4/c1-2-9(6-4-3-5-12-6)7(13-9)8(10)11/h3-5,7H,2H2,1H3,(H,10,11). The molecule has 70 valence electrons. The van der Waals surface area contributed by atoms with Gasteiger partial charge in [0, 0.05) is 0 Å². The zero-order valence-electron chi connectivity index (χ0n) is 7.19. The molecule has 4 nitrogen and oxygen atoms in total. The average Bonchev–Trinajstić information content (AvgIpc) is 2.62. The normalized spacial score (nSPS) is 31.6. The molecule has 1 N–H and O–H groups in total. The second-order valence-electron chi connectivity index (χ2n) is 3.06. The summed E-state index contributed by atoms with van der Waals surface area (Å²) >= 11 is 0. The van der Waals surface area contributed by atoms with Crippen molar-refractivity contribution in [2.24, 2.45) is 0 Å². The lowest BCUT2D eigenvalue weighted by molar-refractivity contribution is -0.138. The summed E-state index contributed by atoms with van der Waals surface area (Å²) in [4.78, 5) is 10.7. The molecule has 1 fully saturated rings. The molecule has 0 amide bonds. The summed E-state index contributed by atoms with van der Waals surface area (Å²) < 4.78 is 10.3. The highest BCUT2D eigenvalue weighted by Crippen LogP contribution is 2.49. The Morgan fingerprint density at radius 2 is 2.54 bits per heavy atom. The maximum Gasteiger partial charge on any atom is 0.336 e. The molecule has 2 atom stereocenters. The summed E-state index contributed by atoms with van der Waals surface area (Å²) in [6.45, 7) is 1.88. The van der Waals surface area contributed by atoms with Crippen molar-refractivity contribution < 1.29 is 19.1 Å². The monoisotopic (exact) mass is 182 g/mol. The molecule has 0 aliphatic carbocycles. The fourth-order valence-electron chi connectivity index (χ4n) is 1.58. The van der Waals surface area contributed by atoms with Gasteiger partial charge in [0.15, 0.2) is 11.7 Å². The van der Waals surface area contributed by atoms with Crippen molar-refractivity contribution in [3.63, 3.8) is 0 Å². The van der Waals surface area contributed by atoms with Gasteiger partial charge < -0.3 is 14.3 Å². The molecule has 1 saturated heterocycles. The fourth-order valence-corrected chi connectivity index (χ4v) is 1.58. The van der Waals surface area contributed by atoms with E-state index in [0.717, 1.165) is 0 Å². The van der Waals surface area contributed by atoms with E-state index in [9.17, 15) is 4.79 Å². The van der Waals surface area contributed by atoms with Gasteiger partial charge in [-0.15, -0.1) is 0 Å². The van der Waals surface area contributed by atoms with Crippen LogP contribution in [0.4, 0.5) is 0 Å². The van der Waals surface area contributed by atoms with Crippen LogP contribution in [0.15, 0.2) is 22.8 Å². The molecule has 1 aliphatic rings. The molecule has 2 rings (SSSR count). The van der Waals surface area contributed by atoms with Crippen molar-refractivity contribution in [3.8, 4) is 0 Å². The van der Waals surface area contributed by atoms with Gasteiger partial charge in [-0.1, -0.05) is 6.92 Å². The van der Waals surface area contributed by atoms with Crippen molar-refractivity contribution in [2.45, 2.75) is 25.0 Å². The Kier molecular flexibility index (Phi) is 1.66. The van der Waals surface area contributed by atoms with Gasteiger partial charge in [-0.05, 0) is 18.6 Å². The number of hydrogen-bond donors (Lipinski definition) is 1. The van der Waals surface area contributed by atoms with Gasteiger partial charge in [-0.3, -0.25) is 0 Å². The predicted molar refractivity (Wildman–Crippen MR) is 43.2 cm³/mol. The van der Waals surface area contributed by atoms with Crippen LogP contribution in [-0.4, -0.2) is 17.2 Å². The van der Waals surface area contributed by atoms with Crippen molar-refractivity contribution in [2.75, 3.05) is 0 Å². The molecule has 0 aromatic carbocycles. The maximum atomic E-state index is 10.7. The SMILES string of the molecule is CCC1(c2ccco2)OC1C(=O)O.